The van der Waals surface area contributed by atoms with Gasteiger partial charge in [0.2, 0.25) is 0 Å². The van der Waals surface area contributed by atoms with Gasteiger partial charge in [0.25, 0.3) is 0 Å². The van der Waals surface area contributed by atoms with Crippen molar-refractivity contribution in [1.82, 2.24) is 29.1 Å². The average Bonchev–Trinajstić information content (AvgIpc) is 3.58. The molecule has 5 heterocycles. The third-order valence-electron chi connectivity index (χ3n) is 6.42. The molecule has 8 atom stereocenters. The highest BCUT2D eigenvalue weighted by Gasteiger charge is 2.47. The van der Waals surface area contributed by atoms with Crippen molar-refractivity contribution in [3.05, 3.63) is 35.4 Å². The Balaban J connectivity index is 1.26. The number of aliphatic hydroxyl groups excluding tert-OH is 2. The average molecular weight is 636 g/mol. The predicted molar refractivity (Wildman–Crippen MR) is 136 cm³/mol. The summed E-state index contributed by atoms with van der Waals surface area (Å²) in [6, 6.07) is 1.29. The second kappa shape index (κ2) is 11.6. The van der Waals surface area contributed by atoms with Gasteiger partial charge in [-0.25, -0.2) is 28.9 Å². The maximum Gasteiger partial charge on any atom is 0.472 e. The van der Waals surface area contributed by atoms with Crippen LogP contribution in [0.5, 0.6) is 0 Å². The minimum atomic E-state index is -4.99. The number of phosphoric ester groups is 2. The summed E-state index contributed by atoms with van der Waals surface area (Å²) in [7, 11) is -9.96. The van der Waals surface area contributed by atoms with E-state index in [9.17, 15) is 29.0 Å². The van der Waals surface area contributed by atoms with Crippen LogP contribution in [0.4, 0.5) is 11.6 Å². The summed E-state index contributed by atoms with van der Waals surface area (Å²) < 4.78 is 52.3. The lowest BCUT2D eigenvalue weighted by atomic mass is 10.1. The molecule has 0 radical (unpaired) electrons. The topological polar surface area (TPSA) is 312 Å². The number of hydrogen-bond donors (Lipinski definition) is 7. The zero-order valence-electron chi connectivity index (χ0n) is 21.2. The Morgan fingerprint density at radius 1 is 1.00 bits per heavy atom. The standard InChI is InChI=1S/C19H26N8O13P2/c20-11-1-2-26(19(30)25-11)12-3-8(9(38-12)4-36-41(31,32)33)40-42(34,35)37-5-10-14(28)15(29)18(39-10)27-7-24-13-16(21)22-6-23-17(13)27/h1-2,6-10,12,14-15,18,28-29H,3-5H2,(H,34,35)(H2,20,25,30)(H2,21,22,23)(H2,31,32,33)/t8-,9?,10+,12+,14+,15+,18+/m0/s1. The molecule has 9 N–H and O–H groups in total. The Bertz CT molecular complexity index is 1600. The van der Waals surface area contributed by atoms with Crippen LogP contribution in [-0.2, 0) is 32.2 Å². The van der Waals surface area contributed by atoms with E-state index in [4.69, 9.17) is 39.8 Å². The summed E-state index contributed by atoms with van der Waals surface area (Å²) in [5.41, 5.74) is 10.9. The van der Waals surface area contributed by atoms with E-state index in [2.05, 4.69) is 24.5 Å². The minimum Gasteiger partial charge on any atom is -0.387 e. The normalized spacial score (nSPS) is 29.7. The lowest BCUT2D eigenvalue weighted by molar-refractivity contribution is -0.0588. The number of rotatable bonds is 10. The van der Waals surface area contributed by atoms with Crippen LogP contribution in [0.2, 0.25) is 0 Å². The quantitative estimate of drug-likeness (QED) is 0.116. The molecule has 0 amide bonds. The molecule has 0 spiro atoms. The van der Waals surface area contributed by atoms with Gasteiger partial charge in [-0.1, -0.05) is 0 Å². The van der Waals surface area contributed by atoms with E-state index < -0.39 is 77.5 Å². The number of aliphatic hydroxyl groups is 2. The minimum absolute atomic E-state index is 0.0704. The highest BCUT2D eigenvalue weighted by atomic mass is 31.2. The van der Waals surface area contributed by atoms with Crippen LogP contribution in [0.1, 0.15) is 18.9 Å². The summed E-state index contributed by atoms with van der Waals surface area (Å²) >= 11 is 0. The fraction of sp³-hybridized carbons (Fsp3) is 0.526. The number of fused-ring (bicyclic) bond motifs is 1. The molecule has 0 aliphatic carbocycles. The second-order valence-electron chi connectivity index (χ2n) is 9.23. The first-order chi connectivity index (χ1) is 19.7. The fourth-order valence-corrected chi connectivity index (χ4v) is 5.77. The Hall–Kier alpha value is -2.91. The van der Waals surface area contributed by atoms with Crippen LogP contribution in [0.25, 0.3) is 11.2 Å². The van der Waals surface area contributed by atoms with Crippen LogP contribution in [0, 0.1) is 0 Å². The zero-order chi connectivity index (χ0) is 30.4. The van der Waals surface area contributed by atoms with Gasteiger partial charge in [0.15, 0.2) is 17.7 Å². The van der Waals surface area contributed by atoms with E-state index in [0.29, 0.717) is 0 Å². The van der Waals surface area contributed by atoms with E-state index in [1.165, 1.54) is 29.5 Å². The first-order valence-corrected chi connectivity index (χ1v) is 15.1. The zero-order valence-corrected chi connectivity index (χ0v) is 23.0. The lowest BCUT2D eigenvalue weighted by Gasteiger charge is -2.22. The molecule has 0 bridgehead atoms. The number of aromatic nitrogens is 6. The predicted octanol–water partition coefficient (Wildman–Crippen LogP) is -2.23. The summed E-state index contributed by atoms with van der Waals surface area (Å²) in [4.78, 5) is 56.3. The first-order valence-electron chi connectivity index (χ1n) is 12.0. The van der Waals surface area contributed by atoms with Crippen molar-refractivity contribution in [3.63, 3.8) is 0 Å². The molecule has 0 saturated carbocycles. The third-order valence-corrected chi connectivity index (χ3v) is 7.92. The van der Waals surface area contributed by atoms with Gasteiger partial charge < -0.3 is 45.8 Å². The van der Waals surface area contributed by atoms with Crippen molar-refractivity contribution < 1.29 is 57.1 Å². The molecule has 42 heavy (non-hydrogen) atoms. The summed E-state index contributed by atoms with van der Waals surface area (Å²) in [5, 5.41) is 21.1. The summed E-state index contributed by atoms with van der Waals surface area (Å²) in [5.74, 6) is 0.00388. The van der Waals surface area contributed by atoms with Crippen molar-refractivity contribution in [2.75, 3.05) is 24.7 Å². The maximum absolute atomic E-state index is 12.9. The Morgan fingerprint density at radius 3 is 2.45 bits per heavy atom. The smallest absolute Gasteiger partial charge is 0.387 e. The molecule has 5 rings (SSSR count). The number of ether oxygens (including phenoxy) is 2. The molecule has 3 aromatic rings. The van der Waals surface area contributed by atoms with Gasteiger partial charge in [-0.2, -0.15) is 4.98 Å². The molecule has 2 saturated heterocycles. The van der Waals surface area contributed by atoms with E-state index >= 15 is 0 Å². The highest BCUT2D eigenvalue weighted by molar-refractivity contribution is 7.47. The van der Waals surface area contributed by atoms with E-state index in [1.54, 1.807) is 0 Å². The number of nitrogen functional groups attached to an aromatic ring is 2. The number of nitrogens with zero attached hydrogens (tertiary/aromatic N) is 6. The van der Waals surface area contributed by atoms with Crippen molar-refractivity contribution >= 4 is 38.4 Å². The van der Waals surface area contributed by atoms with E-state index in [0.717, 1.165) is 4.57 Å². The molecule has 230 valence electrons. The van der Waals surface area contributed by atoms with Gasteiger partial charge in [0, 0.05) is 12.6 Å². The molecule has 0 aromatic carbocycles. The fourth-order valence-electron chi connectivity index (χ4n) is 4.47. The molecule has 21 nitrogen and oxygen atoms in total. The third kappa shape index (κ3) is 6.52. The Labute approximate surface area is 234 Å². The van der Waals surface area contributed by atoms with Crippen molar-refractivity contribution in [1.29, 1.82) is 0 Å². The molecule has 23 heteroatoms. The monoisotopic (exact) mass is 636 g/mol. The van der Waals surface area contributed by atoms with E-state index in [1.807, 2.05) is 0 Å². The molecule has 2 unspecified atom stereocenters. The van der Waals surface area contributed by atoms with Gasteiger partial charge >= 0.3 is 21.3 Å². The van der Waals surface area contributed by atoms with Crippen LogP contribution >= 0.6 is 15.6 Å². The van der Waals surface area contributed by atoms with Crippen LogP contribution < -0.4 is 17.2 Å². The summed E-state index contributed by atoms with van der Waals surface area (Å²) in [6.07, 6.45) is -6.12. The van der Waals surface area contributed by atoms with Crippen molar-refractivity contribution in [2.24, 2.45) is 0 Å². The molecular formula is C19H26N8O13P2. The van der Waals surface area contributed by atoms with Gasteiger partial charge in [-0.3, -0.25) is 22.7 Å². The highest BCUT2D eigenvalue weighted by Crippen LogP contribution is 2.49. The Kier molecular flexibility index (Phi) is 8.47. The van der Waals surface area contributed by atoms with Gasteiger partial charge in [0.1, 0.15) is 54.4 Å². The van der Waals surface area contributed by atoms with Crippen molar-refractivity contribution in [3.8, 4) is 0 Å². The van der Waals surface area contributed by atoms with Crippen LogP contribution in [-0.4, -0.2) is 97.7 Å². The SMILES string of the molecule is Nc1ccn([C@H]2C[C@H](OP(=O)(O)OC[C@H]3O[C@@H](n4cnc5c(N)ncnc54)[C@H](O)[C@@H]3O)C(COP(=O)(O)O)O2)c(=O)n1. The molecule has 3 aromatic heterocycles. The lowest BCUT2D eigenvalue weighted by Crippen LogP contribution is -2.34. The Morgan fingerprint density at radius 2 is 1.74 bits per heavy atom. The molecule has 2 aliphatic heterocycles. The number of anilines is 2. The number of imidazole rings is 1. The van der Waals surface area contributed by atoms with Crippen molar-refractivity contribution in [2.45, 2.75) is 49.4 Å². The van der Waals surface area contributed by atoms with Crippen LogP contribution in [0.15, 0.2) is 29.7 Å². The molecule has 2 aliphatic rings. The first kappa shape index (κ1) is 30.5. The number of hydrogen-bond acceptors (Lipinski definition) is 16. The molecular weight excluding hydrogens is 610 g/mol. The number of phosphoric acid groups is 2. The second-order valence-corrected chi connectivity index (χ2v) is 11.9. The summed E-state index contributed by atoms with van der Waals surface area (Å²) in [6.45, 7) is -1.53. The van der Waals surface area contributed by atoms with E-state index in [-0.39, 0.29) is 29.2 Å². The largest absolute Gasteiger partial charge is 0.472 e. The van der Waals surface area contributed by atoms with Crippen LogP contribution in [0.3, 0.4) is 0 Å². The van der Waals surface area contributed by atoms with Gasteiger partial charge in [0.05, 0.1) is 19.5 Å². The molecule has 2 fully saturated rings. The number of nitrogens with two attached hydrogens (primary N) is 2. The van der Waals surface area contributed by atoms with Gasteiger partial charge in [-0.15, -0.1) is 0 Å². The maximum atomic E-state index is 12.9. The van der Waals surface area contributed by atoms with Gasteiger partial charge in [-0.05, 0) is 6.07 Å².